The number of carbonyl (C=O) groups excluding carboxylic acids is 1. The van der Waals surface area contributed by atoms with Gasteiger partial charge in [-0.05, 0) is 25.1 Å². The topological polar surface area (TPSA) is 35.5 Å². The fourth-order valence-electron chi connectivity index (χ4n) is 1.01. The Morgan fingerprint density at radius 3 is 2.93 bits per heavy atom. The Kier molecular flexibility index (Phi) is 4.24. The molecule has 1 aromatic carbocycles. The number of benzene rings is 1. The molecule has 0 atom stereocenters. The van der Waals surface area contributed by atoms with Gasteiger partial charge in [0, 0.05) is 0 Å². The van der Waals surface area contributed by atoms with Gasteiger partial charge in [0.05, 0.1) is 12.7 Å². The average molecular weight is 204 g/mol. The summed E-state index contributed by atoms with van der Waals surface area (Å²) in [6.45, 7) is 1.81. The molecular formula is C12H12O3. The summed E-state index contributed by atoms with van der Waals surface area (Å²) in [6, 6.07) is 6.80. The highest BCUT2D eigenvalue weighted by molar-refractivity contribution is 5.89. The maximum atomic E-state index is 11.4. The molecule has 0 saturated heterocycles. The van der Waals surface area contributed by atoms with E-state index in [9.17, 15) is 4.79 Å². The lowest BCUT2D eigenvalue weighted by atomic mass is 10.2. The van der Waals surface area contributed by atoms with E-state index in [2.05, 4.69) is 11.8 Å². The highest BCUT2D eigenvalue weighted by Crippen LogP contribution is 2.13. The van der Waals surface area contributed by atoms with Gasteiger partial charge in [0.2, 0.25) is 0 Å². The van der Waals surface area contributed by atoms with Crippen LogP contribution in [-0.2, 0) is 4.74 Å². The number of esters is 1. The molecule has 0 heterocycles. The van der Waals surface area contributed by atoms with Crippen LogP contribution in [0.2, 0.25) is 0 Å². The molecule has 0 saturated carbocycles. The second kappa shape index (κ2) is 5.71. The van der Waals surface area contributed by atoms with E-state index in [0.29, 0.717) is 11.3 Å². The van der Waals surface area contributed by atoms with Crippen LogP contribution in [0, 0.1) is 11.8 Å². The first kappa shape index (κ1) is 11.1. The molecule has 0 fully saturated rings. The second-order valence-electron chi connectivity index (χ2n) is 2.73. The fraction of sp³-hybridized carbons (Fsp3) is 0.250. The SMILES string of the molecule is CC#CCOC(=O)c1cccc(OC)c1. The number of rotatable bonds is 3. The van der Waals surface area contributed by atoms with E-state index in [1.807, 2.05) is 0 Å². The predicted octanol–water partition coefficient (Wildman–Crippen LogP) is 1.88. The van der Waals surface area contributed by atoms with Gasteiger partial charge in [-0.1, -0.05) is 12.0 Å². The van der Waals surface area contributed by atoms with Crippen molar-refractivity contribution < 1.29 is 14.3 Å². The summed E-state index contributed by atoms with van der Waals surface area (Å²) in [4.78, 5) is 11.4. The third-order valence-electron chi connectivity index (χ3n) is 1.76. The van der Waals surface area contributed by atoms with Gasteiger partial charge in [-0.2, -0.15) is 0 Å². The minimum atomic E-state index is -0.392. The van der Waals surface area contributed by atoms with Crippen LogP contribution in [0.25, 0.3) is 0 Å². The Labute approximate surface area is 89.0 Å². The quantitative estimate of drug-likeness (QED) is 0.557. The van der Waals surface area contributed by atoms with Crippen molar-refractivity contribution >= 4 is 5.97 Å². The normalized spacial score (nSPS) is 8.67. The van der Waals surface area contributed by atoms with Crippen molar-refractivity contribution in [1.82, 2.24) is 0 Å². The van der Waals surface area contributed by atoms with Crippen molar-refractivity contribution in [2.75, 3.05) is 13.7 Å². The van der Waals surface area contributed by atoms with E-state index in [4.69, 9.17) is 9.47 Å². The molecule has 78 valence electrons. The van der Waals surface area contributed by atoms with Gasteiger partial charge in [-0.25, -0.2) is 4.79 Å². The molecule has 15 heavy (non-hydrogen) atoms. The minimum absolute atomic E-state index is 0.118. The number of hydrogen-bond donors (Lipinski definition) is 0. The first-order valence-electron chi connectivity index (χ1n) is 4.48. The Hall–Kier alpha value is -1.95. The summed E-state index contributed by atoms with van der Waals surface area (Å²) >= 11 is 0. The van der Waals surface area contributed by atoms with Crippen LogP contribution in [0.1, 0.15) is 17.3 Å². The summed E-state index contributed by atoms with van der Waals surface area (Å²) in [6.07, 6.45) is 0. The van der Waals surface area contributed by atoms with Gasteiger partial charge in [0.15, 0.2) is 6.61 Å². The van der Waals surface area contributed by atoms with Gasteiger partial charge in [0.25, 0.3) is 0 Å². The summed E-state index contributed by atoms with van der Waals surface area (Å²) in [5, 5.41) is 0. The van der Waals surface area contributed by atoms with E-state index < -0.39 is 5.97 Å². The molecule has 0 aliphatic rings. The number of ether oxygens (including phenoxy) is 2. The molecule has 3 heteroatoms. The second-order valence-corrected chi connectivity index (χ2v) is 2.73. The molecule has 0 aliphatic carbocycles. The summed E-state index contributed by atoms with van der Waals surface area (Å²) in [5.41, 5.74) is 0.465. The van der Waals surface area contributed by atoms with Crippen molar-refractivity contribution in [3.8, 4) is 17.6 Å². The zero-order valence-corrected chi connectivity index (χ0v) is 8.74. The average Bonchev–Trinajstić information content (AvgIpc) is 2.29. The molecule has 0 bridgehead atoms. The first-order chi connectivity index (χ1) is 7.27. The summed E-state index contributed by atoms with van der Waals surface area (Å²) in [7, 11) is 1.55. The smallest absolute Gasteiger partial charge is 0.339 e. The molecule has 0 aromatic heterocycles. The minimum Gasteiger partial charge on any atom is -0.497 e. The van der Waals surface area contributed by atoms with Crippen LogP contribution in [0.4, 0.5) is 0 Å². The van der Waals surface area contributed by atoms with Crippen LogP contribution in [0.15, 0.2) is 24.3 Å². The van der Waals surface area contributed by atoms with Crippen molar-refractivity contribution in [2.24, 2.45) is 0 Å². The van der Waals surface area contributed by atoms with Gasteiger partial charge < -0.3 is 9.47 Å². The highest BCUT2D eigenvalue weighted by Gasteiger charge is 2.06. The van der Waals surface area contributed by atoms with Crippen molar-refractivity contribution in [1.29, 1.82) is 0 Å². The molecule has 1 rings (SSSR count). The molecule has 3 nitrogen and oxygen atoms in total. The lowest BCUT2D eigenvalue weighted by molar-refractivity contribution is 0.0556. The van der Waals surface area contributed by atoms with Crippen molar-refractivity contribution in [3.63, 3.8) is 0 Å². The molecule has 0 unspecified atom stereocenters. The molecule has 0 amide bonds. The highest BCUT2D eigenvalue weighted by atomic mass is 16.5. The lowest BCUT2D eigenvalue weighted by Gasteiger charge is -2.03. The zero-order chi connectivity index (χ0) is 11.1. The molecule has 0 N–H and O–H groups in total. The summed E-state index contributed by atoms with van der Waals surface area (Å²) < 4.78 is 9.89. The molecule has 0 radical (unpaired) electrons. The van der Waals surface area contributed by atoms with Crippen molar-refractivity contribution in [3.05, 3.63) is 29.8 Å². The Morgan fingerprint density at radius 1 is 1.47 bits per heavy atom. The number of methoxy groups -OCH3 is 1. The monoisotopic (exact) mass is 204 g/mol. The maximum Gasteiger partial charge on any atom is 0.339 e. The Morgan fingerprint density at radius 2 is 2.27 bits per heavy atom. The zero-order valence-electron chi connectivity index (χ0n) is 8.74. The van der Waals surface area contributed by atoms with E-state index in [0.717, 1.165) is 0 Å². The number of hydrogen-bond acceptors (Lipinski definition) is 3. The maximum absolute atomic E-state index is 11.4. The first-order valence-corrected chi connectivity index (χ1v) is 4.48. The Balaban J connectivity index is 2.67. The number of carbonyl (C=O) groups is 1. The fourth-order valence-corrected chi connectivity index (χ4v) is 1.01. The lowest BCUT2D eigenvalue weighted by Crippen LogP contribution is -2.05. The van der Waals surface area contributed by atoms with E-state index in [1.54, 1.807) is 38.3 Å². The third kappa shape index (κ3) is 3.35. The van der Waals surface area contributed by atoms with Crippen molar-refractivity contribution in [2.45, 2.75) is 6.92 Å². The van der Waals surface area contributed by atoms with Crippen LogP contribution in [0.3, 0.4) is 0 Å². The van der Waals surface area contributed by atoms with E-state index >= 15 is 0 Å². The van der Waals surface area contributed by atoms with Crippen LogP contribution in [0.5, 0.6) is 5.75 Å². The molecule has 0 aliphatic heterocycles. The van der Waals surface area contributed by atoms with Gasteiger partial charge >= 0.3 is 5.97 Å². The molecule has 1 aromatic rings. The molecule has 0 spiro atoms. The Bertz CT molecular complexity index is 399. The van der Waals surface area contributed by atoms with E-state index in [1.165, 1.54) is 0 Å². The molecular weight excluding hydrogens is 192 g/mol. The standard InChI is InChI=1S/C12H12O3/c1-3-4-8-15-12(13)10-6-5-7-11(9-10)14-2/h5-7,9H,8H2,1-2H3. The predicted molar refractivity (Wildman–Crippen MR) is 56.7 cm³/mol. The third-order valence-corrected chi connectivity index (χ3v) is 1.76. The van der Waals surface area contributed by atoms with E-state index in [-0.39, 0.29) is 6.61 Å². The van der Waals surface area contributed by atoms with Crippen LogP contribution < -0.4 is 4.74 Å². The van der Waals surface area contributed by atoms with Gasteiger partial charge in [0.1, 0.15) is 5.75 Å². The summed E-state index contributed by atoms with van der Waals surface area (Å²) in [5.74, 6) is 5.54. The largest absolute Gasteiger partial charge is 0.497 e. The van der Waals surface area contributed by atoms with Crippen LogP contribution >= 0.6 is 0 Å². The van der Waals surface area contributed by atoms with Crippen LogP contribution in [-0.4, -0.2) is 19.7 Å². The van der Waals surface area contributed by atoms with Gasteiger partial charge in [-0.3, -0.25) is 0 Å². The van der Waals surface area contributed by atoms with Gasteiger partial charge in [-0.15, -0.1) is 5.92 Å².